The van der Waals surface area contributed by atoms with Crippen molar-refractivity contribution >= 4 is 34.2 Å². The second kappa shape index (κ2) is 8.50. The number of halogens is 2. The molecule has 122 valence electrons. The van der Waals surface area contributed by atoms with Gasteiger partial charge in [-0.15, -0.1) is 0 Å². The van der Waals surface area contributed by atoms with Gasteiger partial charge in [0.05, 0.1) is 22.3 Å². The molecule has 24 heavy (non-hydrogen) atoms. The van der Waals surface area contributed by atoms with Crippen LogP contribution in [0.2, 0.25) is 0 Å². The molecule has 0 radical (unpaired) electrons. The first kappa shape index (κ1) is 18.0. The van der Waals surface area contributed by atoms with Crippen LogP contribution in [0.3, 0.4) is 0 Å². The molecule has 2 rings (SSSR count). The molecule has 2 aromatic rings. The molecule has 3 nitrogen and oxygen atoms in total. The number of nitriles is 1. The fraction of sp³-hybridized carbons (Fsp3) is 0.105. The van der Waals surface area contributed by atoms with E-state index in [0.29, 0.717) is 18.1 Å². The molecule has 0 unspecified atom stereocenters. The number of rotatable bonds is 6. The van der Waals surface area contributed by atoms with E-state index in [1.165, 1.54) is 6.07 Å². The Morgan fingerprint density at radius 3 is 2.75 bits per heavy atom. The largest absolute Gasteiger partial charge is 0.493 e. The van der Waals surface area contributed by atoms with Gasteiger partial charge in [0, 0.05) is 5.56 Å². The van der Waals surface area contributed by atoms with E-state index in [2.05, 4.69) is 29.2 Å². The summed E-state index contributed by atoms with van der Waals surface area (Å²) in [7, 11) is 1.54. The van der Waals surface area contributed by atoms with Gasteiger partial charge in [-0.3, -0.25) is 0 Å². The van der Waals surface area contributed by atoms with Crippen LogP contribution in [0.25, 0.3) is 11.6 Å². The maximum atomic E-state index is 13.9. The van der Waals surface area contributed by atoms with Crippen molar-refractivity contribution in [3.63, 3.8) is 0 Å². The average Bonchev–Trinajstić information content (AvgIpc) is 2.59. The highest BCUT2D eigenvalue weighted by Crippen LogP contribution is 2.35. The fourth-order valence-corrected chi connectivity index (χ4v) is 2.90. The predicted octanol–water partition coefficient (Wildman–Crippen LogP) is 5.07. The highest BCUT2D eigenvalue weighted by Gasteiger charge is 2.12. The average molecular weight is 435 g/mol. The van der Waals surface area contributed by atoms with E-state index >= 15 is 0 Å². The van der Waals surface area contributed by atoms with Crippen LogP contribution in [0.5, 0.6) is 11.5 Å². The van der Waals surface area contributed by atoms with Crippen molar-refractivity contribution in [2.45, 2.75) is 0 Å². The Hall–Kier alpha value is -2.33. The minimum absolute atomic E-state index is 0.241. The number of benzene rings is 2. The van der Waals surface area contributed by atoms with E-state index in [0.717, 1.165) is 9.13 Å². The fourth-order valence-electron chi connectivity index (χ4n) is 2.12. The minimum Gasteiger partial charge on any atom is -0.493 e. The van der Waals surface area contributed by atoms with Gasteiger partial charge in [-0.2, -0.15) is 5.26 Å². The summed E-state index contributed by atoms with van der Waals surface area (Å²) < 4.78 is 25.7. The first-order valence-corrected chi connectivity index (χ1v) is 8.16. The lowest BCUT2D eigenvalue weighted by Gasteiger charge is -2.12. The molecule has 0 N–H and O–H groups in total. The molecule has 0 saturated carbocycles. The Bertz CT molecular complexity index is 825. The third-order valence-electron chi connectivity index (χ3n) is 3.19. The number of hydrogen-bond donors (Lipinski definition) is 0. The van der Waals surface area contributed by atoms with E-state index in [1.54, 1.807) is 43.5 Å². The third-order valence-corrected chi connectivity index (χ3v) is 3.99. The molecule has 0 aliphatic rings. The summed E-state index contributed by atoms with van der Waals surface area (Å²) in [6, 6.07) is 11.8. The van der Waals surface area contributed by atoms with Gasteiger partial charge in [0.15, 0.2) is 11.5 Å². The summed E-state index contributed by atoms with van der Waals surface area (Å²) in [5.74, 6) is 0.721. The summed E-state index contributed by atoms with van der Waals surface area (Å²) >= 11 is 2.13. The van der Waals surface area contributed by atoms with Crippen LogP contribution in [0.15, 0.2) is 49.1 Å². The summed E-state index contributed by atoms with van der Waals surface area (Å²) in [5, 5.41) is 9.38. The van der Waals surface area contributed by atoms with E-state index in [1.807, 2.05) is 12.1 Å². The Balaban J connectivity index is 2.48. The first-order chi connectivity index (χ1) is 11.6. The Labute approximate surface area is 154 Å². The Morgan fingerprint density at radius 1 is 1.38 bits per heavy atom. The SMILES string of the molecule is C=CCOc1c(I)cc(C=C(C#N)c2ccccc2F)cc1OC. The van der Waals surface area contributed by atoms with Crippen molar-refractivity contribution in [2.24, 2.45) is 0 Å². The smallest absolute Gasteiger partial charge is 0.174 e. The maximum absolute atomic E-state index is 13.9. The summed E-state index contributed by atoms with van der Waals surface area (Å²) in [4.78, 5) is 0. The van der Waals surface area contributed by atoms with Gasteiger partial charge >= 0.3 is 0 Å². The molecule has 0 aromatic heterocycles. The molecule has 0 heterocycles. The van der Waals surface area contributed by atoms with Gasteiger partial charge in [0.2, 0.25) is 0 Å². The predicted molar refractivity (Wildman–Crippen MR) is 101 cm³/mol. The highest BCUT2D eigenvalue weighted by molar-refractivity contribution is 14.1. The van der Waals surface area contributed by atoms with E-state index in [-0.39, 0.29) is 11.1 Å². The van der Waals surface area contributed by atoms with Crippen LogP contribution in [-0.4, -0.2) is 13.7 Å². The molecule has 0 atom stereocenters. The quantitative estimate of drug-likeness (QED) is 0.276. The van der Waals surface area contributed by atoms with Crippen molar-refractivity contribution in [1.29, 1.82) is 5.26 Å². The van der Waals surface area contributed by atoms with Crippen LogP contribution in [0.4, 0.5) is 4.39 Å². The number of methoxy groups -OCH3 is 1. The minimum atomic E-state index is -0.433. The molecule has 0 fully saturated rings. The van der Waals surface area contributed by atoms with Crippen molar-refractivity contribution in [2.75, 3.05) is 13.7 Å². The van der Waals surface area contributed by atoms with E-state index < -0.39 is 5.82 Å². The lowest BCUT2D eigenvalue weighted by atomic mass is 10.0. The molecule has 5 heteroatoms. The van der Waals surface area contributed by atoms with Crippen LogP contribution in [0.1, 0.15) is 11.1 Å². The molecule has 0 saturated heterocycles. The topological polar surface area (TPSA) is 42.2 Å². The van der Waals surface area contributed by atoms with Crippen molar-refractivity contribution in [1.82, 2.24) is 0 Å². The molecule has 0 amide bonds. The Morgan fingerprint density at radius 2 is 2.12 bits per heavy atom. The lowest BCUT2D eigenvalue weighted by Crippen LogP contribution is -1.99. The molecular formula is C19H15FINO2. The van der Waals surface area contributed by atoms with Gasteiger partial charge in [-0.05, 0) is 52.4 Å². The normalized spacial score (nSPS) is 10.8. The van der Waals surface area contributed by atoms with Gasteiger partial charge < -0.3 is 9.47 Å². The summed E-state index contributed by atoms with van der Waals surface area (Å²) in [5.41, 5.74) is 1.23. The standard InChI is InChI=1S/C19H15FINO2/c1-3-8-24-19-17(21)10-13(11-18(19)23-2)9-14(12-22)15-6-4-5-7-16(15)20/h3-7,9-11H,1,8H2,2H3. The van der Waals surface area contributed by atoms with Crippen molar-refractivity contribution in [3.05, 3.63) is 69.6 Å². The van der Waals surface area contributed by atoms with E-state index in [4.69, 9.17) is 9.47 Å². The number of hydrogen-bond acceptors (Lipinski definition) is 3. The van der Waals surface area contributed by atoms with Crippen LogP contribution in [-0.2, 0) is 0 Å². The van der Waals surface area contributed by atoms with Gasteiger partial charge in [0.1, 0.15) is 12.4 Å². The number of allylic oxidation sites excluding steroid dienone is 1. The Kier molecular flexibility index (Phi) is 6.38. The zero-order valence-electron chi connectivity index (χ0n) is 13.1. The van der Waals surface area contributed by atoms with Crippen LogP contribution < -0.4 is 9.47 Å². The third kappa shape index (κ3) is 4.15. The van der Waals surface area contributed by atoms with E-state index in [9.17, 15) is 9.65 Å². The summed E-state index contributed by atoms with van der Waals surface area (Å²) in [6.07, 6.45) is 3.27. The molecule has 0 bridgehead atoms. The van der Waals surface area contributed by atoms with Crippen LogP contribution in [0, 0.1) is 20.7 Å². The molecule has 0 spiro atoms. The number of ether oxygens (including phenoxy) is 2. The summed E-state index contributed by atoms with van der Waals surface area (Å²) in [6.45, 7) is 3.98. The number of nitrogens with zero attached hydrogens (tertiary/aromatic N) is 1. The zero-order valence-corrected chi connectivity index (χ0v) is 15.2. The molecule has 2 aromatic carbocycles. The van der Waals surface area contributed by atoms with Crippen LogP contribution >= 0.6 is 22.6 Å². The van der Waals surface area contributed by atoms with Gasteiger partial charge in [-0.25, -0.2) is 4.39 Å². The first-order valence-electron chi connectivity index (χ1n) is 7.08. The highest BCUT2D eigenvalue weighted by atomic mass is 127. The van der Waals surface area contributed by atoms with Crippen molar-refractivity contribution < 1.29 is 13.9 Å². The second-order valence-electron chi connectivity index (χ2n) is 4.78. The second-order valence-corrected chi connectivity index (χ2v) is 5.95. The molecule has 0 aliphatic heterocycles. The lowest BCUT2D eigenvalue weighted by molar-refractivity contribution is 0.324. The monoisotopic (exact) mass is 435 g/mol. The zero-order chi connectivity index (χ0) is 17.5. The maximum Gasteiger partial charge on any atom is 0.174 e. The van der Waals surface area contributed by atoms with Gasteiger partial charge in [-0.1, -0.05) is 30.9 Å². The van der Waals surface area contributed by atoms with Crippen molar-refractivity contribution in [3.8, 4) is 17.6 Å². The van der Waals surface area contributed by atoms with Gasteiger partial charge in [0.25, 0.3) is 0 Å². The molecule has 0 aliphatic carbocycles. The molecular weight excluding hydrogens is 420 g/mol.